The molecule has 2 N–H and O–H groups in total. The monoisotopic (exact) mass is 162 g/mol. The quantitative estimate of drug-likeness (QED) is 0.709. The van der Waals surface area contributed by atoms with Crippen LogP contribution in [0.1, 0.15) is 25.0 Å². The van der Waals surface area contributed by atoms with Crippen molar-refractivity contribution in [3.8, 4) is 0 Å². The maximum Gasteiger partial charge on any atom is 0.0178 e. The highest BCUT2D eigenvalue weighted by Crippen LogP contribution is 2.21. The number of rotatable bonds is 2. The van der Waals surface area contributed by atoms with Crippen LogP contribution in [0.4, 0.5) is 0 Å². The summed E-state index contributed by atoms with van der Waals surface area (Å²) < 4.78 is 0. The molecule has 0 saturated heterocycles. The Hall–Kier alpha value is -0.820. The van der Waals surface area contributed by atoms with Crippen molar-refractivity contribution >= 4 is 0 Å². The van der Waals surface area contributed by atoms with Crippen LogP contribution in [-0.2, 0) is 12.0 Å². The highest BCUT2D eigenvalue weighted by Gasteiger charge is 2.12. The zero-order valence-corrected chi connectivity index (χ0v) is 7.80. The predicted molar refractivity (Wildman–Crippen MR) is 52.7 cm³/mol. The molecule has 0 aliphatic heterocycles. The third-order valence-corrected chi connectivity index (χ3v) is 1.97. The Bertz CT molecular complexity index is 241. The summed E-state index contributed by atoms with van der Waals surface area (Å²) in [7, 11) is 0. The summed E-state index contributed by atoms with van der Waals surface area (Å²) in [4.78, 5) is 0. The van der Waals surface area contributed by atoms with E-state index in [1.807, 2.05) is 0 Å². The molecule has 0 amide bonds. The molecule has 12 heavy (non-hydrogen) atoms. The Kier molecular flexibility index (Phi) is 2.53. The molecular formula is C11H16N. The Morgan fingerprint density at radius 2 is 1.75 bits per heavy atom. The van der Waals surface area contributed by atoms with Crippen LogP contribution in [0.3, 0.4) is 0 Å². The van der Waals surface area contributed by atoms with E-state index < -0.39 is 0 Å². The van der Waals surface area contributed by atoms with Gasteiger partial charge in [-0.1, -0.05) is 38.1 Å². The molecular weight excluding hydrogens is 146 g/mol. The van der Waals surface area contributed by atoms with Crippen molar-refractivity contribution in [2.24, 2.45) is 5.73 Å². The van der Waals surface area contributed by atoms with E-state index in [2.05, 4.69) is 45.0 Å². The van der Waals surface area contributed by atoms with E-state index in [0.29, 0.717) is 6.54 Å². The van der Waals surface area contributed by atoms with Gasteiger partial charge in [0.25, 0.3) is 0 Å². The fourth-order valence-electron chi connectivity index (χ4n) is 1.09. The summed E-state index contributed by atoms with van der Waals surface area (Å²) in [6.07, 6.45) is 0. The van der Waals surface area contributed by atoms with E-state index >= 15 is 0 Å². The van der Waals surface area contributed by atoms with Gasteiger partial charge in [-0.15, -0.1) is 0 Å². The first-order valence-electron chi connectivity index (χ1n) is 4.19. The predicted octanol–water partition coefficient (Wildman–Crippen LogP) is 2.26. The van der Waals surface area contributed by atoms with Crippen molar-refractivity contribution in [1.82, 2.24) is 0 Å². The normalized spacial score (nSPS) is 11.7. The lowest BCUT2D eigenvalue weighted by atomic mass is 9.87. The van der Waals surface area contributed by atoms with Gasteiger partial charge in [0.05, 0.1) is 0 Å². The van der Waals surface area contributed by atoms with Crippen LogP contribution in [0.15, 0.2) is 24.3 Å². The highest BCUT2D eigenvalue weighted by molar-refractivity contribution is 5.28. The summed E-state index contributed by atoms with van der Waals surface area (Å²) in [6, 6.07) is 8.30. The van der Waals surface area contributed by atoms with Gasteiger partial charge in [0, 0.05) is 6.54 Å². The summed E-state index contributed by atoms with van der Waals surface area (Å²) in [5.74, 6) is 0. The van der Waals surface area contributed by atoms with E-state index in [4.69, 9.17) is 5.73 Å². The molecule has 0 bridgehead atoms. The summed E-state index contributed by atoms with van der Waals surface area (Å²) in [5.41, 5.74) is 7.91. The van der Waals surface area contributed by atoms with Gasteiger partial charge < -0.3 is 5.73 Å². The molecule has 1 aromatic rings. The van der Waals surface area contributed by atoms with Crippen molar-refractivity contribution in [2.45, 2.75) is 25.8 Å². The topological polar surface area (TPSA) is 26.0 Å². The highest BCUT2D eigenvalue weighted by atomic mass is 14.5. The molecule has 1 radical (unpaired) electrons. The fourth-order valence-corrected chi connectivity index (χ4v) is 1.09. The molecule has 0 unspecified atom stereocenters. The van der Waals surface area contributed by atoms with Crippen molar-refractivity contribution in [3.05, 3.63) is 42.3 Å². The Balaban J connectivity index is 2.93. The lowest BCUT2D eigenvalue weighted by Crippen LogP contribution is -2.11. The zero-order valence-electron chi connectivity index (χ0n) is 7.80. The van der Waals surface area contributed by atoms with E-state index in [1.54, 1.807) is 0 Å². The van der Waals surface area contributed by atoms with E-state index in [1.165, 1.54) is 11.1 Å². The smallest absolute Gasteiger partial charge is 0.0178 e. The second-order valence-corrected chi connectivity index (χ2v) is 3.78. The van der Waals surface area contributed by atoms with Gasteiger partial charge in [-0.3, -0.25) is 0 Å². The fraction of sp³-hybridized carbons (Fsp3) is 0.364. The van der Waals surface area contributed by atoms with Crippen LogP contribution in [-0.4, -0.2) is 0 Å². The average Bonchev–Trinajstić information content (AvgIpc) is 2.03. The van der Waals surface area contributed by atoms with Crippen molar-refractivity contribution in [1.29, 1.82) is 0 Å². The molecule has 0 fully saturated rings. The first-order valence-corrected chi connectivity index (χ1v) is 4.19. The molecule has 1 rings (SSSR count). The second kappa shape index (κ2) is 3.28. The first-order chi connectivity index (χ1) is 5.54. The molecule has 0 aliphatic carbocycles. The standard InChI is InChI=1S/C11H16N/c1-11(2,3)10-6-4-9(8-12)5-7-10/h4-7H,1,8,12H2,2-3H3. The van der Waals surface area contributed by atoms with Gasteiger partial charge in [0.2, 0.25) is 0 Å². The molecule has 0 spiro atoms. The first kappa shape index (κ1) is 9.27. The SMILES string of the molecule is [CH2]C(C)(C)c1ccc(CN)cc1. The van der Waals surface area contributed by atoms with Gasteiger partial charge >= 0.3 is 0 Å². The minimum Gasteiger partial charge on any atom is -0.326 e. The van der Waals surface area contributed by atoms with Crippen LogP contribution in [0, 0.1) is 6.92 Å². The molecule has 0 atom stereocenters. The van der Waals surface area contributed by atoms with Crippen LogP contribution < -0.4 is 5.73 Å². The van der Waals surface area contributed by atoms with Gasteiger partial charge in [-0.2, -0.15) is 0 Å². The Labute approximate surface area is 74.6 Å². The third-order valence-electron chi connectivity index (χ3n) is 1.97. The molecule has 0 saturated carbocycles. The Morgan fingerprint density at radius 1 is 1.25 bits per heavy atom. The van der Waals surface area contributed by atoms with Gasteiger partial charge in [0.15, 0.2) is 0 Å². The second-order valence-electron chi connectivity index (χ2n) is 3.78. The number of nitrogens with two attached hydrogens (primary N) is 1. The lowest BCUT2D eigenvalue weighted by Gasteiger charge is -2.18. The molecule has 1 aromatic carbocycles. The van der Waals surface area contributed by atoms with Crippen LogP contribution in [0.2, 0.25) is 0 Å². The van der Waals surface area contributed by atoms with Crippen LogP contribution >= 0.6 is 0 Å². The van der Waals surface area contributed by atoms with Gasteiger partial charge in [-0.25, -0.2) is 0 Å². The van der Waals surface area contributed by atoms with Crippen LogP contribution in [0.5, 0.6) is 0 Å². The average molecular weight is 162 g/mol. The maximum absolute atomic E-state index is 5.49. The summed E-state index contributed by atoms with van der Waals surface area (Å²) >= 11 is 0. The number of hydrogen-bond donors (Lipinski definition) is 1. The van der Waals surface area contributed by atoms with E-state index in [0.717, 1.165) is 0 Å². The molecule has 0 heterocycles. The molecule has 65 valence electrons. The molecule has 0 aromatic heterocycles. The van der Waals surface area contributed by atoms with Gasteiger partial charge in [-0.05, 0) is 23.5 Å². The van der Waals surface area contributed by atoms with Crippen molar-refractivity contribution < 1.29 is 0 Å². The number of hydrogen-bond acceptors (Lipinski definition) is 1. The van der Waals surface area contributed by atoms with Gasteiger partial charge in [0.1, 0.15) is 0 Å². The lowest BCUT2D eigenvalue weighted by molar-refractivity contribution is 0.664. The van der Waals surface area contributed by atoms with Crippen LogP contribution in [0.25, 0.3) is 0 Å². The van der Waals surface area contributed by atoms with E-state index in [9.17, 15) is 0 Å². The molecule has 0 aliphatic rings. The molecule has 1 heteroatoms. The third kappa shape index (κ3) is 2.08. The Morgan fingerprint density at radius 3 is 2.08 bits per heavy atom. The minimum atomic E-state index is -0.00682. The van der Waals surface area contributed by atoms with Crippen molar-refractivity contribution in [2.75, 3.05) is 0 Å². The minimum absolute atomic E-state index is 0.00682. The van der Waals surface area contributed by atoms with E-state index in [-0.39, 0.29) is 5.41 Å². The van der Waals surface area contributed by atoms with Crippen molar-refractivity contribution in [3.63, 3.8) is 0 Å². The molecule has 1 nitrogen and oxygen atoms in total. The largest absolute Gasteiger partial charge is 0.326 e. The maximum atomic E-state index is 5.49. The summed E-state index contributed by atoms with van der Waals surface area (Å²) in [6.45, 7) is 8.88. The zero-order chi connectivity index (χ0) is 9.19. The summed E-state index contributed by atoms with van der Waals surface area (Å²) in [5, 5.41) is 0. The number of benzene rings is 1.